The molecule has 1 aromatic rings. The number of hydrogen-bond donors (Lipinski definition) is 2. The molecule has 2 unspecified atom stereocenters. The van der Waals surface area contributed by atoms with Gasteiger partial charge >= 0.3 is 0 Å². The molecule has 2 atom stereocenters. The largest absolute Gasteiger partial charge is 0.373 e. The molecule has 2 aliphatic rings. The third-order valence-corrected chi connectivity index (χ3v) is 3.52. The van der Waals surface area contributed by atoms with Crippen LogP contribution in [0.2, 0.25) is 0 Å². The topological polar surface area (TPSA) is 50.1 Å². The smallest absolute Gasteiger partial charge is 0.132 e. The average Bonchev–Trinajstić information content (AvgIpc) is 2.85. The van der Waals surface area contributed by atoms with Gasteiger partial charge in [0.25, 0.3) is 0 Å². The summed E-state index contributed by atoms with van der Waals surface area (Å²) in [4.78, 5) is 4.49. The van der Waals surface area contributed by atoms with Crippen molar-refractivity contribution in [1.29, 1.82) is 0 Å². The van der Waals surface area contributed by atoms with Gasteiger partial charge in [0, 0.05) is 24.4 Å². The van der Waals surface area contributed by atoms with Crippen LogP contribution in [0.3, 0.4) is 0 Å². The minimum Gasteiger partial charge on any atom is -0.373 e. The van der Waals surface area contributed by atoms with Gasteiger partial charge in [0.15, 0.2) is 0 Å². The zero-order valence-electron chi connectivity index (χ0n) is 8.82. The number of nitrogens with one attached hydrogen (secondary N) is 1. The summed E-state index contributed by atoms with van der Waals surface area (Å²) in [7, 11) is 0. The molecule has 1 saturated heterocycles. The van der Waals surface area contributed by atoms with Crippen LogP contribution in [-0.2, 0) is 6.42 Å². The van der Waals surface area contributed by atoms with E-state index in [0.717, 1.165) is 44.6 Å². The number of rotatable bonds is 1. The van der Waals surface area contributed by atoms with Crippen molar-refractivity contribution in [1.82, 2.24) is 14.9 Å². The Kier molecular flexibility index (Phi) is 2.25. The van der Waals surface area contributed by atoms with Crippen LogP contribution in [0.15, 0.2) is 6.20 Å². The van der Waals surface area contributed by atoms with Crippen molar-refractivity contribution >= 4 is 0 Å². The Morgan fingerprint density at radius 2 is 2.40 bits per heavy atom. The Morgan fingerprint density at radius 3 is 3.20 bits per heavy atom. The van der Waals surface area contributed by atoms with Gasteiger partial charge in [-0.25, -0.2) is 4.98 Å². The molecule has 15 heavy (non-hydrogen) atoms. The summed E-state index contributed by atoms with van der Waals surface area (Å²) in [6.07, 6.45) is 5.75. The molecule has 2 N–H and O–H groups in total. The first-order valence-electron chi connectivity index (χ1n) is 5.81. The molecule has 0 saturated carbocycles. The first-order valence-corrected chi connectivity index (χ1v) is 5.81. The number of aliphatic hydroxyl groups excluding tert-OH is 1. The lowest BCUT2D eigenvalue weighted by Gasteiger charge is -2.24. The van der Waals surface area contributed by atoms with Gasteiger partial charge in [-0.2, -0.15) is 0 Å². The molecule has 3 rings (SSSR count). The van der Waals surface area contributed by atoms with Gasteiger partial charge in [0.1, 0.15) is 12.1 Å². The highest BCUT2D eigenvalue weighted by Gasteiger charge is 2.27. The highest BCUT2D eigenvalue weighted by Crippen LogP contribution is 2.30. The van der Waals surface area contributed by atoms with Gasteiger partial charge in [0.05, 0.1) is 0 Å². The van der Waals surface area contributed by atoms with Crippen LogP contribution >= 0.6 is 0 Å². The summed E-state index contributed by atoms with van der Waals surface area (Å²) in [5, 5.41) is 13.3. The second-order valence-corrected chi connectivity index (χ2v) is 4.54. The fraction of sp³-hybridized carbons (Fsp3) is 0.727. The van der Waals surface area contributed by atoms with Crippen molar-refractivity contribution < 1.29 is 5.11 Å². The minimum atomic E-state index is -0.341. The second kappa shape index (κ2) is 3.61. The Morgan fingerprint density at radius 1 is 1.47 bits per heavy atom. The fourth-order valence-electron chi connectivity index (χ4n) is 2.71. The third kappa shape index (κ3) is 1.48. The van der Waals surface area contributed by atoms with Gasteiger partial charge in [-0.3, -0.25) is 0 Å². The maximum Gasteiger partial charge on any atom is 0.132 e. The number of hydrogen-bond acceptors (Lipinski definition) is 3. The molecule has 0 amide bonds. The maximum absolute atomic E-state index is 9.99. The van der Waals surface area contributed by atoms with Crippen LogP contribution in [0.25, 0.3) is 0 Å². The Balaban J connectivity index is 1.97. The van der Waals surface area contributed by atoms with E-state index in [1.54, 1.807) is 0 Å². The fourth-order valence-corrected chi connectivity index (χ4v) is 2.71. The maximum atomic E-state index is 9.99. The summed E-state index contributed by atoms with van der Waals surface area (Å²) in [5.74, 6) is 1.58. The van der Waals surface area contributed by atoms with E-state index < -0.39 is 0 Å². The normalized spacial score (nSPS) is 30.5. The predicted molar refractivity (Wildman–Crippen MR) is 56.6 cm³/mol. The van der Waals surface area contributed by atoms with Crippen LogP contribution in [0.5, 0.6) is 0 Å². The van der Waals surface area contributed by atoms with Gasteiger partial charge in [-0.15, -0.1) is 0 Å². The molecule has 4 heteroatoms. The van der Waals surface area contributed by atoms with E-state index in [0.29, 0.717) is 5.92 Å². The van der Waals surface area contributed by atoms with E-state index in [1.165, 1.54) is 5.69 Å². The highest BCUT2D eigenvalue weighted by molar-refractivity contribution is 5.14. The van der Waals surface area contributed by atoms with Crippen molar-refractivity contribution in [2.24, 2.45) is 0 Å². The number of imidazole rings is 1. The number of aliphatic hydroxyl groups is 1. The summed E-state index contributed by atoms with van der Waals surface area (Å²) in [6.45, 7) is 2.08. The van der Waals surface area contributed by atoms with Crippen molar-refractivity contribution in [2.75, 3.05) is 13.1 Å². The SMILES string of the molecule is OC1CCCc2cnc(C3CCNC3)n21. The Labute approximate surface area is 89.3 Å². The van der Waals surface area contributed by atoms with Gasteiger partial charge < -0.3 is 15.0 Å². The van der Waals surface area contributed by atoms with E-state index in [1.807, 2.05) is 6.20 Å². The molecule has 0 aromatic carbocycles. The van der Waals surface area contributed by atoms with Crippen LogP contribution in [0, 0.1) is 0 Å². The van der Waals surface area contributed by atoms with E-state index in [4.69, 9.17) is 0 Å². The molecule has 3 heterocycles. The van der Waals surface area contributed by atoms with Crippen molar-refractivity contribution in [3.05, 3.63) is 17.7 Å². The Bertz CT molecular complexity index is 355. The zero-order valence-corrected chi connectivity index (χ0v) is 8.82. The molecule has 0 radical (unpaired) electrons. The lowest BCUT2D eigenvalue weighted by molar-refractivity contribution is 0.0748. The van der Waals surface area contributed by atoms with E-state index in [-0.39, 0.29) is 6.23 Å². The minimum absolute atomic E-state index is 0.341. The number of aromatic nitrogens is 2. The molecule has 0 aliphatic carbocycles. The molecular formula is C11H17N3O. The monoisotopic (exact) mass is 207 g/mol. The summed E-state index contributed by atoms with van der Waals surface area (Å²) in [6, 6.07) is 0. The van der Waals surface area contributed by atoms with Crippen LogP contribution in [-0.4, -0.2) is 27.7 Å². The first-order chi connectivity index (χ1) is 7.36. The van der Waals surface area contributed by atoms with E-state index in [2.05, 4.69) is 14.9 Å². The average molecular weight is 207 g/mol. The van der Waals surface area contributed by atoms with Crippen LogP contribution in [0.4, 0.5) is 0 Å². The van der Waals surface area contributed by atoms with Crippen molar-refractivity contribution in [3.63, 3.8) is 0 Å². The van der Waals surface area contributed by atoms with Gasteiger partial charge in [0.2, 0.25) is 0 Å². The second-order valence-electron chi connectivity index (χ2n) is 4.54. The molecule has 0 spiro atoms. The lowest BCUT2D eigenvalue weighted by Crippen LogP contribution is -2.21. The Hall–Kier alpha value is -0.870. The van der Waals surface area contributed by atoms with Crippen LogP contribution in [0.1, 0.15) is 42.9 Å². The van der Waals surface area contributed by atoms with Crippen molar-refractivity contribution in [3.8, 4) is 0 Å². The van der Waals surface area contributed by atoms with Gasteiger partial charge in [-0.05, 0) is 32.2 Å². The van der Waals surface area contributed by atoms with Gasteiger partial charge in [-0.1, -0.05) is 0 Å². The predicted octanol–water partition coefficient (Wildman–Crippen LogP) is 0.787. The molecular weight excluding hydrogens is 190 g/mol. The number of aryl methyl sites for hydroxylation is 1. The summed E-state index contributed by atoms with van der Waals surface area (Å²) >= 11 is 0. The van der Waals surface area contributed by atoms with E-state index >= 15 is 0 Å². The standard InChI is InChI=1S/C11H17N3O/c15-10-3-1-2-9-7-13-11(14(9)10)8-4-5-12-6-8/h7-8,10,12,15H,1-6H2. The highest BCUT2D eigenvalue weighted by atomic mass is 16.3. The van der Waals surface area contributed by atoms with Crippen molar-refractivity contribution in [2.45, 2.75) is 37.8 Å². The molecule has 0 bridgehead atoms. The molecule has 1 fully saturated rings. The molecule has 4 nitrogen and oxygen atoms in total. The van der Waals surface area contributed by atoms with E-state index in [9.17, 15) is 5.11 Å². The quantitative estimate of drug-likeness (QED) is 0.715. The molecule has 82 valence electrons. The summed E-state index contributed by atoms with van der Waals surface area (Å²) < 4.78 is 2.06. The number of nitrogens with zero attached hydrogens (tertiary/aromatic N) is 2. The zero-order chi connectivity index (χ0) is 10.3. The summed E-state index contributed by atoms with van der Waals surface area (Å²) in [5.41, 5.74) is 1.20. The third-order valence-electron chi connectivity index (χ3n) is 3.52. The molecule has 2 aliphatic heterocycles. The van der Waals surface area contributed by atoms with Crippen LogP contribution < -0.4 is 5.32 Å². The first kappa shape index (κ1) is 9.36. The lowest BCUT2D eigenvalue weighted by atomic mass is 10.1. The molecule has 1 aromatic heterocycles. The number of fused-ring (bicyclic) bond motifs is 1.